The molecule has 0 amide bonds. The molecule has 0 saturated heterocycles. The van der Waals surface area contributed by atoms with Crippen LogP contribution in [0.1, 0.15) is 30.9 Å². The molecule has 0 bridgehead atoms. The summed E-state index contributed by atoms with van der Waals surface area (Å²) in [5.74, 6) is 0.963. The van der Waals surface area contributed by atoms with E-state index >= 15 is 0 Å². The van der Waals surface area contributed by atoms with Gasteiger partial charge in [-0.15, -0.1) is 0 Å². The predicted octanol–water partition coefficient (Wildman–Crippen LogP) is 8.57. The van der Waals surface area contributed by atoms with Crippen LogP contribution >= 0.6 is 0 Å². The number of hydrogen-bond donors (Lipinski definition) is 0. The summed E-state index contributed by atoms with van der Waals surface area (Å²) in [5, 5.41) is 3.78. The van der Waals surface area contributed by atoms with Gasteiger partial charge in [0, 0.05) is 21.9 Å². The molecule has 148 valence electrons. The monoisotopic (exact) mass is 390 g/mol. The van der Waals surface area contributed by atoms with Crippen molar-refractivity contribution >= 4 is 21.7 Å². The van der Waals surface area contributed by atoms with Crippen molar-refractivity contribution in [2.45, 2.75) is 33.1 Å². The van der Waals surface area contributed by atoms with Crippen LogP contribution in [0.15, 0.2) is 89.3 Å². The van der Waals surface area contributed by atoms with Crippen LogP contribution in [-0.2, 0) is 6.42 Å². The second-order valence-corrected chi connectivity index (χ2v) is 8.00. The Bertz CT molecular complexity index is 1310. The molecular formula is C29H26O. The van der Waals surface area contributed by atoms with Crippen molar-refractivity contribution in [2.75, 3.05) is 0 Å². The highest BCUT2D eigenvalue weighted by molar-refractivity contribution is 6.15. The minimum Gasteiger partial charge on any atom is -0.455 e. The third kappa shape index (κ3) is 3.02. The minimum atomic E-state index is 0.963. The Balaban J connectivity index is 1.97. The summed E-state index contributed by atoms with van der Waals surface area (Å²) in [5.41, 5.74) is 7.37. The highest BCUT2D eigenvalue weighted by atomic mass is 16.3. The van der Waals surface area contributed by atoms with E-state index in [9.17, 15) is 0 Å². The van der Waals surface area contributed by atoms with Gasteiger partial charge in [-0.3, -0.25) is 0 Å². The van der Waals surface area contributed by atoms with Crippen LogP contribution in [0.5, 0.6) is 0 Å². The zero-order valence-electron chi connectivity index (χ0n) is 17.6. The summed E-state index contributed by atoms with van der Waals surface area (Å²) < 4.78 is 6.73. The van der Waals surface area contributed by atoms with Crippen molar-refractivity contribution in [3.63, 3.8) is 0 Å². The minimum absolute atomic E-state index is 0.963. The number of furan rings is 1. The lowest BCUT2D eigenvalue weighted by Crippen LogP contribution is -1.94. The maximum absolute atomic E-state index is 6.73. The lowest BCUT2D eigenvalue weighted by Gasteiger charge is -2.13. The summed E-state index contributed by atoms with van der Waals surface area (Å²) >= 11 is 0. The van der Waals surface area contributed by atoms with Crippen molar-refractivity contribution in [1.82, 2.24) is 0 Å². The second kappa shape index (κ2) is 7.84. The van der Waals surface area contributed by atoms with Crippen molar-refractivity contribution in [3.05, 3.63) is 96.1 Å². The van der Waals surface area contributed by atoms with Gasteiger partial charge in [-0.05, 0) is 41.8 Å². The summed E-state index contributed by atoms with van der Waals surface area (Å²) in [6.07, 6.45) is 3.42. The van der Waals surface area contributed by atoms with Gasteiger partial charge in [0.05, 0.1) is 0 Å². The molecule has 0 unspecified atom stereocenters. The Labute approximate surface area is 178 Å². The number of fused-ring (bicyclic) bond motifs is 3. The van der Waals surface area contributed by atoms with E-state index in [1.807, 2.05) is 0 Å². The van der Waals surface area contributed by atoms with Crippen LogP contribution in [0.3, 0.4) is 0 Å². The Kier molecular flexibility index (Phi) is 4.88. The number of unbranched alkanes of at least 4 members (excludes halogenated alkanes) is 1. The molecule has 0 N–H and O–H groups in total. The largest absolute Gasteiger partial charge is 0.455 e. The van der Waals surface area contributed by atoms with Crippen LogP contribution in [0, 0.1) is 6.92 Å². The third-order valence-corrected chi connectivity index (χ3v) is 6.12. The van der Waals surface area contributed by atoms with E-state index < -0.39 is 0 Å². The number of benzene rings is 4. The molecule has 30 heavy (non-hydrogen) atoms. The average molecular weight is 391 g/mol. The van der Waals surface area contributed by atoms with Crippen LogP contribution < -0.4 is 0 Å². The van der Waals surface area contributed by atoms with E-state index in [4.69, 9.17) is 4.42 Å². The van der Waals surface area contributed by atoms with Gasteiger partial charge in [-0.2, -0.15) is 0 Å². The molecule has 0 aliphatic rings. The Hall–Kier alpha value is -3.32. The van der Waals surface area contributed by atoms with Gasteiger partial charge in [-0.25, -0.2) is 0 Å². The van der Waals surface area contributed by atoms with E-state index in [1.165, 1.54) is 51.3 Å². The highest BCUT2D eigenvalue weighted by Crippen LogP contribution is 2.46. The molecule has 0 atom stereocenters. The standard InChI is InChI=1S/C29H26O/c1-3-4-17-24-20(2)23-18-11-12-19-25(23)29-27(24)26(21-13-7-5-8-14-21)28(30-29)22-15-9-6-10-16-22/h5-16,18-19H,3-4,17H2,1-2H3. The molecule has 1 aromatic heterocycles. The van der Waals surface area contributed by atoms with Gasteiger partial charge in [0.15, 0.2) is 0 Å². The van der Waals surface area contributed by atoms with Gasteiger partial charge in [0.1, 0.15) is 11.3 Å². The van der Waals surface area contributed by atoms with Gasteiger partial charge in [0.2, 0.25) is 0 Å². The molecule has 1 nitrogen and oxygen atoms in total. The van der Waals surface area contributed by atoms with Crippen molar-refractivity contribution in [1.29, 1.82) is 0 Å². The molecule has 0 radical (unpaired) electrons. The molecule has 5 rings (SSSR count). The van der Waals surface area contributed by atoms with Crippen LogP contribution in [-0.4, -0.2) is 0 Å². The maximum Gasteiger partial charge on any atom is 0.143 e. The topological polar surface area (TPSA) is 13.1 Å². The first-order valence-electron chi connectivity index (χ1n) is 10.9. The number of hydrogen-bond acceptors (Lipinski definition) is 1. The third-order valence-electron chi connectivity index (χ3n) is 6.12. The van der Waals surface area contributed by atoms with Crippen molar-refractivity contribution in [2.24, 2.45) is 0 Å². The molecule has 0 aliphatic carbocycles. The summed E-state index contributed by atoms with van der Waals surface area (Å²) in [6, 6.07) is 29.9. The smallest absolute Gasteiger partial charge is 0.143 e. The Morgan fingerprint density at radius 3 is 1.97 bits per heavy atom. The number of rotatable bonds is 5. The molecule has 0 spiro atoms. The van der Waals surface area contributed by atoms with Gasteiger partial charge in [0.25, 0.3) is 0 Å². The highest BCUT2D eigenvalue weighted by Gasteiger charge is 2.23. The number of aryl methyl sites for hydroxylation is 2. The fourth-order valence-corrected chi connectivity index (χ4v) is 4.61. The molecule has 0 aliphatic heterocycles. The van der Waals surface area contributed by atoms with E-state index in [-0.39, 0.29) is 0 Å². The predicted molar refractivity (Wildman–Crippen MR) is 128 cm³/mol. The summed E-state index contributed by atoms with van der Waals surface area (Å²) in [6.45, 7) is 4.53. The molecular weight excluding hydrogens is 364 g/mol. The van der Waals surface area contributed by atoms with Crippen molar-refractivity contribution < 1.29 is 4.42 Å². The lowest BCUT2D eigenvalue weighted by molar-refractivity contribution is 0.635. The first-order valence-corrected chi connectivity index (χ1v) is 10.9. The molecule has 0 saturated carbocycles. The zero-order chi connectivity index (χ0) is 20.5. The summed E-state index contributed by atoms with van der Waals surface area (Å²) in [7, 11) is 0. The Morgan fingerprint density at radius 1 is 0.700 bits per heavy atom. The molecule has 1 heterocycles. The molecule has 5 aromatic rings. The van der Waals surface area contributed by atoms with Gasteiger partial charge < -0.3 is 4.42 Å². The molecule has 4 aromatic carbocycles. The van der Waals surface area contributed by atoms with Gasteiger partial charge >= 0.3 is 0 Å². The van der Waals surface area contributed by atoms with Gasteiger partial charge in [-0.1, -0.05) is 98.3 Å². The van der Waals surface area contributed by atoms with Crippen molar-refractivity contribution in [3.8, 4) is 22.5 Å². The normalized spacial score (nSPS) is 11.4. The fraction of sp³-hybridized carbons (Fsp3) is 0.172. The SMILES string of the molecule is CCCCc1c(C)c2ccccc2c2oc(-c3ccccc3)c(-c3ccccc3)c12. The quantitative estimate of drug-likeness (QED) is 0.293. The first-order chi connectivity index (χ1) is 14.8. The van der Waals surface area contributed by atoms with Crippen LogP contribution in [0.4, 0.5) is 0 Å². The van der Waals surface area contributed by atoms with Crippen LogP contribution in [0.2, 0.25) is 0 Å². The summed E-state index contributed by atoms with van der Waals surface area (Å²) in [4.78, 5) is 0. The fourth-order valence-electron chi connectivity index (χ4n) is 4.61. The van der Waals surface area contributed by atoms with Crippen LogP contribution in [0.25, 0.3) is 44.2 Å². The maximum atomic E-state index is 6.73. The van der Waals surface area contributed by atoms with E-state index in [0.29, 0.717) is 0 Å². The average Bonchev–Trinajstić information content (AvgIpc) is 3.21. The molecule has 1 heteroatoms. The lowest BCUT2D eigenvalue weighted by atomic mass is 9.88. The second-order valence-electron chi connectivity index (χ2n) is 8.00. The van der Waals surface area contributed by atoms with E-state index in [1.54, 1.807) is 0 Å². The van der Waals surface area contributed by atoms with E-state index in [0.717, 1.165) is 23.3 Å². The Morgan fingerprint density at radius 2 is 1.30 bits per heavy atom. The first kappa shape index (κ1) is 18.7. The zero-order valence-corrected chi connectivity index (χ0v) is 17.6. The molecule has 0 fully saturated rings. The van der Waals surface area contributed by atoms with E-state index in [2.05, 4.69) is 98.8 Å².